The van der Waals surface area contributed by atoms with Crippen molar-refractivity contribution < 1.29 is 4.79 Å². The largest absolute Gasteiger partial charge is 0.293 e. The first kappa shape index (κ1) is 23.3. The first-order chi connectivity index (χ1) is 17.1. The second kappa shape index (κ2) is 10.5. The van der Waals surface area contributed by atoms with Crippen molar-refractivity contribution in [1.29, 1.82) is 0 Å². The summed E-state index contributed by atoms with van der Waals surface area (Å²) in [5.74, 6) is 0.0119. The van der Waals surface area contributed by atoms with E-state index in [9.17, 15) is 4.79 Å². The van der Waals surface area contributed by atoms with E-state index in [1.54, 1.807) is 16.8 Å². The van der Waals surface area contributed by atoms with Crippen molar-refractivity contribution in [1.82, 2.24) is 9.91 Å². The van der Waals surface area contributed by atoms with Crippen molar-refractivity contribution in [3.05, 3.63) is 114 Å². The molecule has 0 radical (unpaired) electrons. The molecule has 0 spiro atoms. The van der Waals surface area contributed by atoms with Crippen molar-refractivity contribution >= 4 is 34.2 Å². The minimum absolute atomic E-state index is 0.0119. The lowest BCUT2D eigenvalue weighted by atomic mass is 9.97. The fraction of sp³-hybridized carbons (Fsp3) is 0.200. The van der Waals surface area contributed by atoms with Gasteiger partial charge in [0, 0.05) is 17.9 Å². The van der Waals surface area contributed by atoms with E-state index >= 15 is 0 Å². The summed E-state index contributed by atoms with van der Waals surface area (Å²) in [5, 5.41) is 8.96. The molecule has 4 nitrogen and oxygen atoms in total. The lowest BCUT2D eigenvalue weighted by Crippen LogP contribution is -2.36. The number of hydrogen-bond acceptors (Lipinski definition) is 4. The molecule has 176 valence electrons. The highest BCUT2D eigenvalue weighted by atomic mass is 32.2. The Balaban J connectivity index is 1.37. The standard InChI is InChI=1S/C30H29N3OS/c1-32(20-22-12-16-27(35-2)17-13-22)21-30(34)33-29(24-9-4-3-5-10-24)19-28(31-33)26-15-14-23-8-6-7-11-25(23)18-26/h3-18,29H,19-21H2,1-2H3/t29-/m1/s1. The molecule has 0 aliphatic carbocycles. The van der Waals surface area contributed by atoms with Crippen molar-refractivity contribution in [2.24, 2.45) is 5.10 Å². The number of hydrazone groups is 1. The third-order valence-corrected chi connectivity index (χ3v) is 7.19. The van der Waals surface area contributed by atoms with Crippen LogP contribution < -0.4 is 0 Å². The number of nitrogens with zero attached hydrogens (tertiary/aromatic N) is 3. The number of likely N-dealkylation sites (N-methyl/N-ethyl adjacent to an activating group) is 1. The predicted molar refractivity (Wildman–Crippen MR) is 146 cm³/mol. The molecule has 5 rings (SSSR count). The van der Waals surface area contributed by atoms with Gasteiger partial charge in [0.15, 0.2) is 0 Å². The smallest absolute Gasteiger partial charge is 0.257 e. The molecule has 1 aliphatic rings. The highest BCUT2D eigenvalue weighted by Gasteiger charge is 2.33. The number of thioether (sulfide) groups is 1. The summed E-state index contributed by atoms with van der Waals surface area (Å²) in [6, 6.07) is 33.4. The molecule has 0 aromatic heterocycles. The molecule has 0 N–H and O–H groups in total. The Morgan fingerprint density at radius 1 is 0.943 bits per heavy atom. The molecule has 0 unspecified atom stereocenters. The van der Waals surface area contributed by atoms with Gasteiger partial charge >= 0.3 is 0 Å². The summed E-state index contributed by atoms with van der Waals surface area (Å²) in [5.41, 5.74) is 4.32. The van der Waals surface area contributed by atoms with Crippen LogP contribution in [0.15, 0.2) is 107 Å². The maximum Gasteiger partial charge on any atom is 0.257 e. The Bertz CT molecular complexity index is 1350. The summed E-state index contributed by atoms with van der Waals surface area (Å²) < 4.78 is 0. The van der Waals surface area contributed by atoms with Gasteiger partial charge in [-0.25, -0.2) is 5.01 Å². The molecule has 1 aliphatic heterocycles. The van der Waals surface area contributed by atoms with Gasteiger partial charge in [-0.05, 0) is 59.0 Å². The molecule has 0 bridgehead atoms. The van der Waals surface area contributed by atoms with E-state index < -0.39 is 0 Å². The van der Waals surface area contributed by atoms with E-state index in [1.165, 1.54) is 21.2 Å². The number of fused-ring (bicyclic) bond motifs is 1. The Hall–Kier alpha value is -3.41. The number of hydrogen-bond donors (Lipinski definition) is 0. The predicted octanol–water partition coefficient (Wildman–Crippen LogP) is 6.37. The van der Waals surface area contributed by atoms with Gasteiger partial charge in [0.05, 0.1) is 18.3 Å². The van der Waals surface area contributed by atoms with Gasteiger partial charge in [0.2, 0.25) is 0 Å². The fourth-order valence-corrected chi connectivity index (χ4v) is 5.03. The fourth-order valence-electron chi connectivity index (χ4n) is 4.62. The van der Waals surface area contributed by atoms with Crippen molar-refractivity contribution in [2.45, 2.75) is 23.9 Å². The van der Waals surface area contributed by atoms with Crippen LogP contribution in [0, 0.1) is 0 Å². The average Bonchev–Trinajstić information content (AvgIpc) is 3.35. The van der Waals surface area contributed by atoms with Gasteiger partial charge in [-0.15, -0.1) is 11.8 Å². The molecule has 1 amide bonds. The first-order valence-corrected chi connectivity index (χ1v) is 13.1. The van der Waals surface area contributed by atoms with Crippen LogP contribution in [-0.4, -0.2) is 41.4 Å². The maximum absolute atomic E-state index is 13.5. The van der Waals surface area contributed by atoms with Crippen molar-refractivity contribution in [3.8, 4) is 0 Å². The van der Waals surface area contributed by atoms with Crippen molar-refractivity contribution in [2.75, 3.05) is 19.8 Å². The van der Waals surface area contributed by atoms with E-state index in [4.69, 9.17) is 5.10 Å². The van der Waals surface area contributed by atoms with E-state index in [0.29, 0.717) is 19.5 Å². The van der Waals surface area contributed by atoms with Gasteiger partial charge in [0.1, 0.15) is 0 Å². The number of carbonyl (C=O) groups excluding carboxylic acids is 1. The number of rotatable bonds is 7. The normalized spacial score (nSPS) is 15.6. The quantitative estimate of drug-likeness (QED) is 0.289. The number of amides is 1. The molecule has 0 saturated carbocycles. The van der Waals surface area contributed by atoms with Crippen LogP contribution in [0.4, 0.5) is 0 Å². The molecule has 4 aromatic rings. The van der Waals surface area contributed by atoms with Gasteiger partial charge in [0.25, 0.3) is 5.91 Å². The summed E-state index contributed by atoms with van der Waals surface area (Å²) in [6.07, 6.45) is 2.78. The lowest BCUT2D eigenvalue weighted by Gasteiger charge is -2.25. The monoisotopic (exact) mass is 479 g/mol. The van der Waals surface area contributed by atoms with Crippen LogP contribution >= 0.6 is 11.8 Å². The molecular formula is C30H29N3OS. The summed E-state index contributed by atoms with van der Waals surface area (Å²) >= 11 is 1.73. The van der Waals surface area contributed by atoms with E-state index in [-0.39, 0.29) is 11.9 Å². The number of carbonyl (C=O) groups is 1. The van der Waals surface area contributed by atoms with Crippen LogP contribution in [-0.2, 0) is 11.3 Å². The zero-order valence-corrected chi connectivity index (χ0v) is 20.9. The summed E-state index contributed by atoms with van der Waals surface area (Å²) in [7, 11) is 1.99. The van der Waals surface area contributed by atoms with Crippen LogP contribution in [0.5, 0.6) is 0 Å². The molecule has 1 atom stereocenters. The Labute approximate surface area is 211 Å². The summed E-state index contributed by atoms with van der Waals surface area (Å²) in [6.45, 7) is 1.02. The van der Waals surface area contributed by atoms with E-state index in [1.807, 2.05) is 25.2 Å². The number of benzene rings is 4. The van der Waals surface area contributed by atoms with Crippen LogP contribution in [0.2, 0.25) is 0 Å². The van der Waals surface area contributed by atoms with Crippen LogP contribution in [0.3, 0.4) is 0 Å². The minimum atomic E-state index is -0.0977. The zero-order chi connectivity index (χ0) is 24.2. The van der Waals surface area contributed by atoms with Gasteiger partial charge in [-0.1, -0.05) is 78.9 Å². The highest BCUT2D eigenvalue weighted by Crippen LogP contribution is 2.33. The average molecular weight is 480 g/mol. The summed E-state index contributed by atoms with van der Waals surface area (Å²) in [4.78, 5) is 16.8. The highest BCUT2D eigenvalue weighted by molar-refractivity contribution is 7.98. The minimum Gasteiger partial charge on any atom is -0.293 e. The Kier molecular flexibility index (Phi) is 6.98. The Morgan fingerprint density at radius 3 is 2.40 bits per heavy atom. The van der Waals surface area contributed by atoms with Gasteiger partial charge in [-0.2, -0.15) is 5.10 Å². The molecule has 1 heterocycles. The third kappa shape index (κ3) is 5.31. The third-order valence-electron chi connectivity index (χ3n) is 6.45. The first-order valence-electron chi connectivity index (χ1n) is 11.9. The lowest BCUT2D eigenvalue weighted by molar-refractivity contribution is -0.134. The second-order valence-corrected chi connectivity index (χ2v) is 9.88. The molecule has 5 heteroatoms. The molecule has 0 saturated heterocycles. The van der Waals surface area contributed by atoms with Gasteiger partial charge in [-0.3, -0.25) is 9.69 Å². The maximum atomic E-state index is 13.5. The Morgan fingerprint density at radius 2 is 1.66 bits per heavy atom. The van der Waals surface area contributed by atoms with E-state index in [2.05, 4.69) is 90.0 Å². The van der Waals surface area contributed by atoms with Gasteiger partial charge < -0.3 is 0 Å². The molecule has 4 aromatic carbocycles. The van der Waals surface area contributed by atoms with Crippen LogP contribution in [0.25, 0.3) is 10.8 Å². The van der Waals surface area contributed by atoms with Crippen molar-refractivity contribution in [3.63, 3.8) is 0 Å². The topological polar surface area (TPSA) is 35.9 Å². The second-order valence-electron chi connectivity index (χ2n) is 9.00. The SMILES string of the molecule is CSc1ccc(CN(C)CC(=O)N2N=C(c3ccc4ccccc4c3)C[C@@H]2c2ccccc2)cc1. The zero-order valence-electron chi connectivity index (χ0n) is 20.1. The molecule has 0 fully saturated rings. The molecule has 35 heavy (non-hydrogen) atoms. The molecular weight excluding hydrogens is 450 g/mol. The van der Waals surface area contributed by atoms with Crippen LogP contribution in [0.1, 0.15) is 29.2 Å². The van der Waals surface area contributed by atoms with E-state index in [0.717, 1.165) is 16.8 Å².